The highest BCUT2D eigenvalue weighted by Gasteiger charge is 2.20. The van der Waals surface area contributed by atoms with Crippen LogP contribution in [-0.2, 0) is 16.4 Å². The molecule has 0 aliphatic heterocycles. The molecule has 0 radical (unpaired) electrons. The number of nitrogens with two attached hydrogens (primary N) is 1. The molecular weight excluding hydrogens is 284 g/mol. The average molecular weight is 304 g/mol. The van der Waals surface area contributed by atoms with E-state index in [0.29, 0.717) is 22.5 Å². The quantitative estimate of drug-likeness (QED) is 0.852. The van der Waals surface area contributed by atoms with Crippen LogP contribution in [-0.4, -0.2) is 8.42 Å². The fraction of sp³-hybridized carbons (Fsp3) is 0.250. The maximum atomic E-state index is 12.6. The molecule has 0 spiro atoms. The number of rotatable bonds is 4. The molecule has 0 unspecified atom stereocenters. The van der Waals surface area contributed by atoms with Gasteiger partial charge >= 0.3 is 0 Å². The van der Waals surface area contributed by atoms with Gasteiger partial charge in [0.1, 0.15) is 0 Å². The zero-order valence-electron chi connectivity index (χ0n) is 12.5. The molecule has 0 saturated heterocycles. The lowest BCUT2D eigenvalue weighted by Crippen LogP contribution is -2.16. The summed E-state index contributed by atoms with van der Waals surface area (Å²) in [4.78, 5) is 0.288. The van der Waals surface area contributed by atoms with Crippen LogP contribution in [0.5, 0.6) is 0 Å². The van der Waals surface area contributed by atoms with Crippen LogP contribution in [0.15, 0.2) is 41.3 Å². The zero-order chi connectivity index (χ0) is 15.6. The van der Waals surface area contributed by atoms with Crippen LogP contribution in [0.4, 0.5) is 11.4 Å². The number of nitrogens with one attached hydrogen (secondary N) is 1. The third-order valence-electron chi connectivity index (χ3n) is 3.37. The smallest absolute Gasteiger partial charge is 0.262 e. The second kappa shape index (κ2) is 5.77. The molecule has 0 aliphatic carbocycles. The van der Waals surface area contributed by atoms with Gasteiger partial charge in [-0.05, 0) is 61.2 Å². The van der Waals surface area contributed by atoms with Gasteiger partial charge < -0.3 is 5.73 Å². The maximum absolute atomic E-state index is 12.6. The Kier molecular flexibility index (Phi) is 4.23. The van der Waals surface area contributed by atoms with Crippen molar-refractivity contribution in [2.24, 2.45) is 0 Å². The molecule has 3 N–H and O–H groups in total. The Morgan fingerprint density at radius 1 is 1.05 bits per heavy atom. The van der Waals surface area contributed by atoms with Crippen LogP contribution < -0.4 is 10.5 Å². The Balaban J connectivity index is 2.38. The molecule has 0 fully saturated rings. The minimum atomic E-state index is -3.62. The Morgan fingerprint density at radius 3 is 2.05 bits per heavy atom. The number of benzene rings is 2. The molecule has 2 aromatic carbocycles. The van der Waals surface area contributed by atoms with Crippen molar-refractivity contribution in [2.45, 2.75) is 32.1 Å². The summed E-state index contributed by atoms with van der Waals surface area (Å²) in [5, 5.41) is 0. The Morgan fingerprint density at radius 2 is 1.57 bits per heavy atom. The Hall–Kier alpha value is -2.01. The van der Waals surface area contributed by atoms with Crippen LogP contribution in [0.3, 0.4) is 0 Å². The topological polar surface area (TPSA) is 72.2 Å². The first-order valence-electron chi connectivity index (χ1n) is 6.82. The molecule has 0 aliphatic rings. The van der Waals surface area contributed by atoms with Gasteiger partial charge in [-0.15, -0.1) is 0 Å². The Labute approximate surface area is 126 Å². The summed E-state index contributed by atoms with van der Waals surface area (Å²) < 4.78 is 27.7. The fourth-order valence-corrected chi connectivity index (χ4v) is 3.94. The third kappa shape index (κ3) is 3.36. The summed E-state index contributed by atoms with van der Waals surface area (Å²) in [7, 11) is -3.62. The van der Waals surface area contributed by atoms with E-state index in [1.54, 1.807) is 38.1 Å². The summed E-state index contributed by atoms with van der Waals surface area (Å²) in [6.07, 6.45) is 0.920. The molecule has 0 heterocycles. The van der Waals surface area contributed by atoms with E-state index in [-0.39, 0.29) is 4.90 Å². The van der Waals surface area contributed by atoms with Crippen LogP contribution >= 0.6 is 0 Å². The number of hydrogen-bond acceptors (Lipinski definition) is 3. The number of hydrogen-bond donors (Lipinski definition) is 2. The molecule has 0 saturated carbocycles. The van der Waals surface area contributed by atoms with E-state index < -0.39 is 10.0 Å². The Bertz CT molecular complexity index is 727. The second-order valence-electron chi connectivity index (χ2n) is 5.14. The normalized spacial score (nSPS) is 11.4. The molecule has 0 atom stereocenters. The van der Waals surface area contributed by atoms with E-state index in [1.807, 2.05) is 12.1 Å². The molecule has 0 aromatic heterocycles. The first kappa shape index (κ1) is 15.4. The minimum absolute atomic E-state index is 0.288. The molecular formula is C16H20N2O2S. The monoisotopic (exact) mass is 304 g/mol. The number of aryl methyl sites for hydroxylation is 3. The van der Waals surface area contributed by atoms with E-state index in [9.17, 15) is 8.42 Å². The van der Waals surface area contributed by atoms with Crippen LogP contribution in [0.1, 0.15) is 23.6 Å². The number of anilines is 2. The van der Waals surface area contributed by atoms with Gasteiger partial charge in [0.2, 0.25) is 0 Å². The van der Waals surface area contributed by atoms with Crippen molar-refractivity contribution in [3.63, 3.8) is 0 Å². The van der Waals surface area contributed by atoms with Crippen molar-refractivity contribution >= 4 is 21.4 Å². The van der Waals surface area contributed by atoms with Gasteiger partial charge in [0.15, 0.2) is 0 Å². The van der Waals surface area contributed by atoms with Gasteiger partial charge in [0.25, 0.3) is 10.0 Å². The van der Waals surface area contributed by atoms with Gasteiger partial charge in [0, 0.05) is 11.4 Å². The van der Waals surface area contributed by atoms with Crippen molar-refractivity contribution < 1.29 is 8.42 Å². The molecule has 4 nitrogen and oxygen atoms in total. The summed E-state index contributed by atoms with van der Waals surface area (Å²) in [6.45, 7) is 5.55. The fourth-order valence-electron chi connectivity index (χ4n) is 2.42. The predicted molar refractivity (Wildman–Crippen MR) is 87.0 cm³/mol. The molecule has 0 bridgehead atoms. The highest BCUT2D eigenvalue weighted by Crippen LogP contribution is 2.25. The van der Waals surface area contributed by atoms with Gasteiger partial charge in [-0.1, -0.05) is 19.1 Å². The second-order valence-corrected chi connectivity index (χ2v) is 6.76. The molecule has 2 rings (SSSR count). The van der Waals surface area contributed by atoms with E-state index >= 15 is 0 Å². The van der Waals surface area contributed by atoms with E-state index in [0.717, 1.165) is 12.0 Å². The maximum Gasteiger partial charge on any atom is 0.262 e. The van der Waals surface area contributed by atoms with E-state index in [4.69, 9.17) is 5.73 Å². The van der Waals surface area contributed by atoms with Gasteiger partial charge in [-0.2, -0.15) is 0 Å². The van der Waals surface area contributed by atoms with Crippen LogP contribution in [0.25, 0.3) is 0 Å². The molecule has 21 heavy (non-hydrogen) atoms. The predicted octanol–water partition coefficient (Wildman–Crippen LogP) is 3.25. The van der Waals surface area contributed by atoms with Gasteiger partial charge in [-0.3, -0.25) is 4.72 Å². The summed E-state index contributed by atoms with van der Waals surface area (Å²) in [5.74, 6) is 0. The lowest BCUT2D eigenvalue weighted by atomic mass is 10.1. The summed E-state index contributed by atoms with van der Waals surface area (Å²) >= 11 is 0. The van der Waals surface area contributed by atoms with Crippen molar-refractivity contribution in [2.75, 3.05) is 10.5 Å². The highest BCUT2D eigenvalue weighted by molar-refractivity contribution is 7.92. The van der Waals surface area contributed by atoms with E-state index in [2.05, 4.69) is 11.6 Å². The largest absolute Gasteiger partial charge is 0.399 e. The molecule has 5 heteroatoms. The average Bonchev–Trinajstić information content (AvgIpc) is 2.37. The molecule has 112 valence electrons. The van der Waals surface area contributed by atoms with Crippen LogP contribution in [0.2, 0.25) is 0 Å². The number of sulfonamides is 1. The molecule has 2 aromatic rings. The van der Waals surface area contributed by atoms with Crippen LogP contribution in [0, 0.1) is 13.8 Å². The van der Waals surface area contributed by atoms with Crippen molar-refractivity contribution in [1.82, 2.24) is 0 Å². The van der Waals surface area contributed by atoms with Gasteiger partial charge in [-0.25, -0.2) is 8.42 Å². The van der Waals surface area contributed by atoms with Crippen molar-refractivity contribution in [1.29, 1.82) is 0 Å². The lowest BCUT2D eigenvalue weighted by Gasteiger charge is -2.14. The van der Waals surface area contributed by atoms with Gasteiger partial charge in [0.05, 0.1) is 4.90 Å². The highest BCUT2D eigenvalue weighted by atomic mass is 32.2. The van der Waals surface area contributed by atoms with E-state index in [1.165, 1.54) is 0 Å². The summed E-state index contributed by atoms with van der Waals surface area (Å²) in [5.41, 5.74) is 9.32. The SMILES string of the molecule is CCc1ccc(NS(=O)(=O)c2c(C)cc(N)cc2C)cc1. The van der Waals surface area contributed by atoms with Crippen molar-refractivity contribution in [3.05, 3.63) is 53.1 Å². The first-order chi connectivity index (χ1) is 9.83. The first-order valence-corrected chi connectivity index (χ1v) is 8.30. The van der Waals surface area contributed by atoms with Crippen molar-refractivity contribution in [3.8, 4) is 0 Å². The number of nitrogen functional groups attached to an aromatic ring is 1. The lowest BCUT2D eigenvalue weighted by molar-refractivity contribution is 0.600. The third-order valence-corrected chi connectivity index (χ3v) is 5.05. The summed E-state index contributed by atoms with van der Waals surface area (Å²) in [6, 6.07) is 10.7. The zero-order valence-corrected chi connectivity index (χ0v) is 13.3. The standard InChI is InChI=1S/C16H20N2O2S/c1-4-13-5-7-15(8-6-13)18-21(19,20)16-11(2)9-14(17)10-12(16)3/h5-10,18H,4,17H2,1-3H3. The minimum Gasteiger partial charge on any atom is -0.399 e. The molecule has 0 amide bonds.